The first-order valence-corrected chi connectivity index (χ1v) is 5.76. The van der Waals surface area contributed by atoms with Crippen molar-refractivity contribution in [2.24, 2.45) is 5.41 Å². The van der Waals surface area contributed by atoms with Gasteiger partial charge in [-0.25, -0.2) is 0 Å². The van der Waals surface area contributed by atoms with Crippen molar-refractivity contribution < 1.29 is 10.2 Å². The maximum atomic E-state index is 10.2. The Morgan fingerprint density at radius 3 is 2.12 bits per heavy atom. The van der Waals surface area contributed by atoms with Crippen LogP contribution in [0.3, 0.4) is 0 Å². The fourth-order valence-corrected chi connectivity index (χ4v) is 2.29. The molecule has 0 aliphatic heterocycles. The Kier molecular flexibility index (Phi) is 2.72. The molecule has 0 fully saturated rings. The first kappa shape index (κ1) is 12.1. The average molecular weight is 230 g/mol. The molecule has 0 unspecified atom stereocenters. The molecule has 0 atom stereocenters. The van der Waals surface area contributed by atoms with E-state index in [4.69, 9.17) is 0 Å². The van der Waals surface area contributed by atoms with Gasteiger partial charge in [-0.3, -0.25) is 0 Å². The van der Waals surface area contributed by atoms with E-state index in [2.05, 4.69) is 13.8 Å². The minimum Gasteiger partial charge on any atom is -0.359 e. The lowest BCUT2D eigenvalue weighted by molar-refractivity contribution is -0.0771. The third-order valence-electron chi connectivity index (χ3n) is 3.12. The Morgan fingerprint density at radius 2 is 1.53 bits per heavy atom. The Balaban J connectivity index is 2.56. The van der Waals surface area contributed by atoms with Crippen LogP contribution in [-0.4, -0.2) is 16.0 Å². The molecule has 1 aromatic rings. The van der Waals surface area contributed by atoms with Crippen molar-refractivity contribution in [1.29, 1.82) is 0 Å². The molecular weight excluding hydrogens is 212 g/mol. The summed E-state index contributed by atoms with van der Waals surface area (Å²) in [7, 11) is 0. The minimum atomic E-state index is -1.86. The SMILES string of the molecule is CC1=CC(C)(C)C=C(c2ccccc2)C1(O)O. The van der Waals surface area contributed by atoms with Crippen LogP contribution in [0, 0.1) is 5.41 Å². The van der Waals surface area contributed by atoms with Crippen LogP contribution in [0.15, 0.2) is 48.1 Å². The number of hydrogen-bond donors (Lipinski definition) is 2. The Morgan fingerprint density at radius 1 is 0.941 bits per heavy atom. The summed E-state index contributed by atoms with van der Waals surface area (Å²) < 4.78 is 0. The largest absolute Gasteiger partial charge is 0.359 e. The maximum Gasteiger partial charge on any atom is 0.213 e. The number of allylic oxidation sites excluding steroid dienone is 2. The van der Waals surface area contributed by atoms with Crippen LogP contribution in [0.4, 0.5) is 0 Å². The van der Waals surface area contributed by atoms with Crippen LogP contribution in [0.5, 0.6) is 0 Å². The minimum absolute atomic E-state index is 0.162. The van der Waals surface area contributed by atoms with Gasteiger partial charge in [0.15, 0.2) is 0 Å². The van der Waals surface area contributed by atoms with E-state index in [0.717, 1.165) is 5.56 Å². The van der Waals surface area contributed by atoms with Crippen molar-refractivity contribution in [2.45, 2.75) is 26.6 Å². The second kappa shape index (κ2) is 3.83. The van der Waals surface area contributed by atoms with E-state index in [9.17, 15) is 10.2 Å². The lowest BCUT2D eigenvalue weighted by Crippen LogP contribution is -2.35. The number of rotatable bonds is 1. The highest BCUT2D eigenvalue weighted by atomic mass is 16.5. The fraction of sp³-hybridized carbons (Fsp3) is 0.333. The van der Waals surface area contributed by atoms with Gasteiger partial charge < -0.3 is 10.2 Å². The van der Waals surface area contributed by atoms with Gasteiger partial charge in [-0.1, -0.05) is 56.3 Å². The molecule has 17 heavy (non-hydrogen) atoms. The molecule has 0 saturated carbocycles. The van der Waals surface area contributed by atoms with Gasteiger partial charge in [0.25, 0.3) is 0 Å². The summed E-state index contributed by atoms with van der Waals surface area (Å²) in [4.78, 5) is 0. The average Bonchev–Trinajstić information content (AvgIpc) is 2.25. The topological polar surface area (TPSA) is 40.5 Å². The van der Waals surface area contributed by atoms with Gasteiger partial charge in [0, 0.05) is 11.0 Å². The van der Waals surface area contributed by atoms with Crippen molar-refractivity contribution in [3.05, 3.63) is 53.6 Å². The summed E-state index contributed by atoms with van der Waals surface area (Å²) in [5.41, 5.74) is 1.81. The van der Waals surface area contributed by atoms with Gasteiger partial charge in [0.2, 0.25) is 5.79 Å². The van der Waals surface area contributed by atoms with Gasteiger partial charge >= 0.3 is 0 Å². The summed E-state index contributed by atoms with van der Waals surface area (Å²) >= 11 is 0. The van der Waals surface area contributed by atoms with Gasteiger partial charge in [0.05, 0.1) is 0 Å². The normalized spacial score (nSPS) is 21.7. The standard InChI is InChI=1S/C15H18O2/c1-11-9-14(2,3)10-13(15(11,16)17)12-7-5-4-6-8-12/h4-10,16-17H,1-3H3. The molecule has 0 amide bonds. The predicted molar refractivity (Wildman–Crippen MR) is 69.1 cm³/mol. The van der Waals surface area contributed by atoms with Crippen LogP contribution < -0.4 is 0 Å². The Labute approximate surface area is 102 Å². The van der Waals surface area contributed by atoms with Gasteiger partial charge in [0.1, 0.15) is 0 Å². The molecule has 90 valence electrons. The molecule has 0 bridgehead atoms. The zero-order valence-electron chi connectivity index (χ0n) is 10.4. The van der Waals surface area contributed by atoms with E-state index in [1.165, 1.54) is 0 Å². The van der Waals surface area contributed by atoms with Crippen LogP contribution in [0.25, 0.3) is 5.57 Å². The number of aliphatic hydroxyl groups is 2. The first-order chi connectivity index (χ1) is 7.83. The van der Waals surface area contributed by atoms with E-state index in [0.29, 0.717) is 11.1 Å². The van der Waals surface area contributed by atoms with Crippen LogP contribution >= 0.6 is 0 Å². The lowest BCUT2D eigenvalue weighted by Gasteiger charge is -2.35. The smallest absolute Gasteiger partial charge is 0.213 e. The summed E-state index contributed by atoms with van der Waals surface area (Å²) in [5, 5.41) is 20.4. The van der Waals surface area contributed by atoms with E-state index >= 15 is 0 Å². The monoisotopic (exact) mass is 230 g/mol. The number of hydrogen-bond acceptors (Lipinski definition) is 2. The van der Waals surface area contributed by atoms with E-state index < -0.39 is 5.79 Å². The van der Waals surface area contributed by atoms with Crippen molar-refractivity contribution >= 4 is 5.57 Å². The summed E-state index contributed by atoms with van der Waals surface area (Å²) in [6, 6.07) is 9.49. The second-order valence-electron chi connectivity index (χ2n) is 5.24. The zero-order valence-corrected chi connectivity index (χ0v) is 10.4. The lowest BCUT2D eigenvalue weighted by atomic mass is 9.77. The maximum absolute atomic E-state index is 10.2. The van der Waals surface area contributed by atoms with Crippen LogP contribution in [-0.2, 0) is 0 Å². The Hall–Kier alpha value is -1.38. The van der Waals surface area contributed by atoms with Gasteiger partial charge in [-0.05, 0) is 18.1 Å². The molecule has 0 aromatic heterocycles. The fourth-order valence-electron chi connectivity index (χ4n) is 2.29. The molecule has 2 heteroatoms. The molecule has 1 aliphatic rings. The molecule has 0 spiro atoms. The van der Waals surface area contributed by atoms with E-state index in [1.807, 2.05) is 42.5 Å². The third kappa shape index (κ3) is 2.19. The van der Waals surface area contributed by atoms with Crippen molar-refractivity contribution in [2.75, 3.05) is 0 Å². The highest BCUT2D eigenvalue weighted by molar-refractivity contribution is 5.76. The summed E-state index contributed by atoms with van der Waals surface area (Å²) in [6.07, 6.45) is 3.80. The molecule has 2 N–H and O–H groups in total. The quantitative estimate of drug-likeness (QED) is 0.575. The molecular formula is C15H18O2. The summed E-state index contributed by atoms with van der Waals surface area (Å²) in [6.45, 7) is 5.85. The van der Waals surface area contributed by atoms with Crippen LogP contribution in [0.2, 0.25) is 0 Å². The second-order valence-corrected chi connectivity index (χ2v) is 5.24. The number of benzene rings is 1. The molecule has 1 aromatic carbocycles. The molecule has 0 radical (unpaired) electrons. The molecule has 1 aliphatic carbocycles. The highest BCUT2D eigenvalue weighted by Gasteiger charge is 2.37. The van der Waals surface area contributed by atoms with Crippen molar-refractivity contribution in [1.82, 2.24) is 0 Å². The highest BCUT2D eigenvalue weighted by Crippen LogP contribution is 2.41. The van der Waals surface area contributed by atoms with Crippen molar-refractivity contribution in [3.8, 4) is 0 Å². The molecule has 2 nitrogen and oxygen atoms in total. The first-order valence-electron chi connectivity index (χ1n) is 5.76. The Bertz CT molecular complexity index is 479. The molecule has 2 rings (SSSR count). The zero-order chi connectivity index (χ0) is 12.7. The van der Waals surface area contributed by atoms with Crippen molar-refractivity contribution in [3.63, 3.8) is 0 Å². The van der Waals surface area contributed by atoms with Gasteiger partial charge in [-0.2, -0.15) is 0 Å². The third-order valence-corrected chi connectivity index (χ3v) is 3.12. The summed E-state index contributed by atoms with van der Waals surface area (Å²) in [5.74, 6) is -1.86. The van der Waals surface area contributed by atoms with Crippen LogP contribution in [0.1, 0.15) is 26.3 Å². The molecule has 0 heterocycles. The molecule has 0 saturated heterocycles. The van der Waals surface area contributed by atoms with E-state index in [1.54, 1.807) is 6.92 Å². The van der Waals surface area contributed by atoms with Gasteiger partial charge in [-0.15, -0.1) is 0 Å². The van der Waals surface area contributed by atoms with E-state index in [-0.39, 0.29) is 5.41 Å². The predicted octanol–water partition coefficient (Wildman–Crippen LogP) is 2.74.